The summed E-state index contributed by atoms with van der Waals surface area (Å²) in [6, 6.07) is 3.94. The van der Waals surface area contributed by atoms with Crippen molar-refractivity contribution in [3.8, 4) is 0 Å². The summed E-state index contributed by atoms with van der Waals surface area (Å²) in [4.78, 5) is 12.0. The first kappa shape index (κ1) is 10.7. The van der Waals surface area contributed by atoms with E-state index in [9.17, 15) is 0 Å². The summed E-state index contributed by atoms with van der Waals surface area (Å²) in [6.45, 7) is 6.27. The van der Waals surface area contributed by atoms with E-state index in [1.165, 1.54) is 0 Å². The van der Waals surface area contributed by atoms with Gasteiger partial charge in [0.1, 0.15) is 11.9 Å². The van der Waals surface area contributed by atoms with E-state index in [1.54, 1.807) is 0 Å². The standard InChI is InChI=1S/C12H15N3O2/c1-7-4-5-8-10(13-7)15-11(14-8)9-6-16-12(2,3)17-9/h4-5,9H,6H2,1-3H3,(H,13,14,15)/t9-/m0/s1. The van der Waals surface area contributed by atoms with E-state index >= 15 is 0 Å². The van der Waals surface area contributed by atoms with Crippen molar-refractivity contribution in [2.45, 2.75) is 32.7 Å². The van der Waals surface area contributed by atoms with Gasteiger partial charge in [-0.05, 0) is 32.9 Å². The van der Waals surface area contributed by atoms with Crippen LogP contribution in [0.15, 0.2) is 12.1 Å². The zero-order valence-corrected chi connectivity index (χ0v) is 10.2. The molecule has 3 heterocycles. The third kappa shape index (κ3) is 1.92. The lowest BCUT2D eigenvalue weighted by molar-refractivity contribution is -0.139. The van der Waals surface area contributed by atoms with Gasteiger partial charge in [-0.3, -0.25) is 0 Å². The van der Waals surface area contributed by atoms with E-state index in [1.807, 2.05) is 32.9 Å². The van der Waals surface area contributed by atoms with Crippen molar-refractivity contribution >= 4 is 11.2 Å². The molecule has 17 heavy (non-hydrogen) atoms. The van der Waals surface area contributed by atoms with Crippen molar-refractivity contribution < 1.29 is 9.47 Å². The lowest BCUT2D eigenvalue weighted by Crippen LogP contribution is -2.19. The third-order valence-electron chi connectivity index (χ3n) is 2.82. The van der Waals surface area contributed by atoms with E-state index in [4.69, 9.17) is 9.47 Å². The number of imidazole rings is 1. The molecule has 0 spiro atoms. The average Bonchev–Trinajstić information content (AvgIpc) is 2.80. The second kappa shape index (κ2) is 3.51. The Labute approximate surface area is 99.2 Å². The number of H-pyrrole nitrogens is 1. The Hall–Kier alpha value is -1.46. The maximum absolute atomic E-state index is 5.75. The van der Waals surface area contributed by atoms with Crippen molar-refractivity contribution in [1.82, 2.24) is 15.0 Å². The maximum atomic E-state index is 5.75. The Bertz CT molecular complexity index is 562. The Morgan fingerprint density at radius 3 is 2.88 bits per heavy atom. The van der Waals surface area contributed by atoms with E-state index in [-0.39, 0.29) is 6.10 Å². The fraction of sp³-hybridized carbons (Fsp3) is 0.500. The smallest absolute Gasteiger partial charge is 0.178 e. The SMILES string of the molecule is Cc1ccc2[nH]c([C@@H]3COC(C)(C)O3)nc2n1. The summed E-state index contributed by atoms with van der Waals surface area (Å²) < 4.78 is 11.3. The number of hydrogen-bond acceptors (Lipinski definition) is 4. The van der Waals surface area contributed by atoms with Crippen LogP contribution in [0.25, 0.3) is 11.2 Å². The van der Waals surface area contributed by atoms with Crippen molar-refractivity contribution in [1.29, 1.82) is 0 Å². The van der Waals surface area contributed by atoms with Crippen LogP contribution in [0.4, 0.5) is 0 Å². The van der Waals surface area contributed by atoms with E-state index in [2.05, 4.69) is 15.0 Å². The predicted molar refractivity (Wildman–Crippen MR) is 62.5 cm³/mol. The van der Waals surface area contributed by atoms with Gasteiger partial charge in [0.2, 0.25) is 0 Å². The number of hydrogen-bond donors (Lipinski definition) is 1. The van der Waals surface area contributed by atoms with E-state index in [0.717, 1.165) is 22.7 Å². The van der Waals surface area contributed by atoms with Crippen molar-refractivity contribution in [3.63, 3.8) is 0 Å². The quantitative estimate of drug-likeness (QED) is 0.819. The molecule has 0 aliphatic carbocycles. The molecule has 1 fully saturated rings. The molecule has 1 N–H and O–H groups in total. The first-order valence-electron chi connectivity index (χ1n) is 5.68. The Balaban J connectivity index is 1.96. The minimum absolute atomic E-state index is 0.139. The molecule has 2 aromatic heterocycles. The number of nitrogens with one attached hydrogen (secondary N) is 1. The van der Waals surface area contributed by atoms with Gasteiger partial charge in [-0.25, -0.2) is 9.97 Å². The molecular weight excluding hydrogens is 218 g/mol. The highest BCUT2D eigenvalue weighted by Gasteiger charge is 2.35. The number of pyridine rings is 1. The molecule has 0 bridgehead atoms. The van der Waals surface area contributed by atoms with Crippen LogP contribution in [0.3, 0.4) is 0 Å². The molecular formula is C12H15N3O2. The van der Waals surface area contributed by atoms with Crippen LogP contribution in [-0.2, 0) is 9.47 Å². The van der Waals surface area contributed by atoms with E-state index in [0.29, 0.717) is 6.61 Å². The Kier molecular flexibility index (Phi) is 2.21. The lowest BCUT2D eigenvalue weighted by atomic mass is 10.3. The molecule has 0 aromatic carbocycles. The molecule has 2 aromatic rings. The van der Waals surface area contributed by atoms with Crippen LogP contribution in [0.5, 0.6) is 0 Å². The van der Waals surface area contributed by atoms with Gasteiger partial charge in [0.15, 0.2) is 11.4 Å². The number of nitrogens with zero attached hydrogens (tertiary/aromatic N) is 2. The van der Waals surface area contributed by atoms with Gasteiger partial charge in [0.25, 0.3) is 0 Å². The summed E-state index contributed by atoms with van der Waals surface area (Å²) in [5.74, 6) is 0.246. The van der Waals surface area contributed by atoms with Gasteiger partial charge < -0.3 is 14.5 Å². The highest BCUT2D eigenvalue weighted by molar-refractivity contribution is 5.70. The fourth-order valence-electron chi connectivity index (χ4n) is 1.98. The van der Waals surface area contributed by atoms with Gasteiger partial charge in [0, 0.05) is 5.69 Å². The summed E-state index contributed by atoms with van der Waals surface area (Å²) in [5.41, 5.74) is 2.62. The molecule has 1 atom stereocenters. The van der Waals surface area contributed by atoms with Crippen molar-refractivity contribution in [2.24, 2.45) is 0 Å². The number of fused-ring (bicyclic) bond motifs is 1. The molecule has 5 nitrogen and oxygen atoms in total. The predicted octanol–water partition coefficient (Wildman–Crippen LogP) is 2.09. The van der Waals surface area contributed by atoms with Crippen molar-refractivity contribution in [3.05, 3.63) is 23.7 Å². The van der Waals surface area contributed by atoms with Gasteiger partial charge >= 0.3 is 0 Å². The second-order valence-corrected chi connectivity index (χ2v) is 4.76. The molecule has 0 radical (unpaired) electrons. The van der Waals surface area contributed by atoms with Crippen LogP contribution < -0.4 is 0 Å². The molecule has 1 saturated heterocycles. The van der Waals surface area contributed by atoms with Crippen LogP contribution in [0.1, 0.15) is 31.5 Å². The first-order valence-corrected chi connectivity index (χ1v) is 5.68. The van der Waals surface area contributed by atoms with E-state index < -0.39 is 5.79 Å². The van der Waals surface area contributed by atoms with Gasteiger partial charge in [-0.15, -0.1) is 0 Å². The summed E-state index contributed by atoms with van der Waals surface area (Å²) in [6.07, 6.45) is -0.139. The fourth-order valence-corrected chi connectivity index (χ4v) is 1.98. The van der Waals surface area contributed by atoms with Crippen LogP contribution in [0, 0.1) is 6.92 Å². The molecule has 1 aliphatic rings. The maximum Gasteiger partial charge on any atom is 0.178 e. The topological polar surface area (TPSA) is 60.0 Å². The number of ether oxygens (including phenoxy) is 2. The molecule has 0 saturated carbocycles. The zero-order valence-electron chi connectivity index (χ0n) is 10.2. The van der Waals surface area contributed by atoms with Crippen molar-refractivity contribution in [2.75, 3.05) is 6.61 Å². The normalized spacial score (nSPS) is 23.4. The Morgan fingerprint density at radius 1 is 1.35 bits per heavy atom. The number of aromatic nitrogens is 3. The van der Waals surface area contributed by atoms with Gasteiger partial charge in [-0.2, -0.15) is 0 Å². The highest BCUT2D eigenvalue weighted by Crippen LogP contribution is 2.31. The number of rotatable bonds is 1. The minimum Gasteiger partial charge on any atom is -0.347 e. The summed E-state index contributed by atoms with van der Waals surface area (Å²) in [7, 11) is 0. The molecule has 0 amide bonds. The van der Waals surface area contributed by atoms with Crippen LogP contribution in [0.2, 0.25) is 0 Å². The molecule has 5 heteroatoms. The third-order valence-corrected chi connectivity index (χ3v) is 2.82. The van der Waals surface area contributed by atoms with Gasteiger partial charge in [0.05, 0.1) is 12.1 Å². The molecule has 1 aliphatic heterocycles. The number of aryl methyl sites for hydroxylation is 1. The van der Waals surface area contributed by atoms with Crippen LogP contribution in [-0.4, -0.2) is 27.3 Å². The molecule has 0 unspecified atom stereocenters. The largest absolute Gasteiger partial charge is 0.347 e. The molecule has 3 rings (SSSR count). The van der Waals surface area contributed by atoms with Gasteiger partial charge in [-0.1, -0.05) is 0 Å². The summed E-state index contributed by atoms with van der Waals surface area (Å²) in [5, 5.41) is 0. The minimum atomic E-state index is -0.535. The Morgan fingerprint density at radius 2 is 2.18 bits per heavy atom. The number of aromatic amines is 1. The summed E-state index contributed by atoms with van der Waals surface area (Å²) >= 11 is 0. The zero-order chi connectivity index (χ0) is 12.0. The second-order valence-electron chi connectivity index (χ2n) is 4.76. The average molecular weight is 233 g/mol. The molecule has 90 valence electrons. The lowest BCUT2D eigenvalue weighted by Gasteiger charge is -2.15. The first-order chi connectivity index (χ1) is 8.03. The monoisotopic (exact) mass is 233 g/mol. The highest BCUT2D eigenvalue weighted by atomic mass is 16.7. The van der Waals surface area contributed by atoms with Crippen LogP contribution >= 0.6 is 0 Å².